The number of aryl methyl sites for hydroxylation is 1. The van der Waals surface area contributed by atoms with Gasteiger partial charge in [0.2, 0.25) is 0 Å². The number of rotatable bonds is 5. The lowest BCUT2D eigenvalue weighted by Crippen LogP contribution is -2.22. The molecular weight excluding hydrogens is 428 g/mol. The fraction of sp³-hybridized carbons (Fsp3) is 0.130. The molecule has 2 aromatic carbocycles. The summed E-state index contributed by atoms with van der Waals surface area (Å²) in [4.78, 5) is 37.8. The number of thioether (sulfide) groups is 1. The van der Waals surface area contributed by atoms with Gasteiger partial charge in [0.1, 0.15) is 10.5 Å². The van der Waals surface area contributed by atoms with Gasteiger partial charge in [-0.05, 0) is 47.7 Å². The molecule has 31 heavy (non-hydrogen) atoms. The van der Waals surface area contributed by atoms with E-state index in [0.29, 0.717) is 37.9 Å². The lowest BCUT2D eigenvalue weighted by Gasteiger charge is -2.13. The molecule has 5 rings (SSSR count). The number of hydrogen-bond donors (Lipinski definition) is 1. The standard InChI is InChI=1S/C23H18N4O2S2/c1-2-14-7-9-15(10-8-14)27-22(29)16-5-3-4-6-17(16)25-23(27)31-13-19-24-18-11-12-30-20(18)21(28)26-19/h3-12H,2,13H2,1H3,(H,24,26,28). The molecule has 0 bridgehead atoms. The van der Waals surface area contributed by atoms with Gasteiger partial charge >= 0.3 is 0 Å². The summed E-state index contributed by atoms with van der Waals surface area (Å²) in [5, 5.41) is 2.98. The van der Waals surface area contributed by atoms with Crippen LogP contribution in [0.2, 0.25) is 0 Å². The van der Waals surface area contributed by atoms with Crippen LogP contribution in [0.1, 0.15) is 18.3 Å². The highest BCUT2D eigenvalue weighted by Gasteiger charge is 2.14. The first-order chi connectivity index (χ1) is 15.1. The summed E-state index contributed by atoms with van der Waals surface area (Å²) in [5.41, 5.74) is 3.03. The second-order valence-corrected chi connectivity index (χ2v) is 8.87. The van der Waals surface area contributed by atoms with Crippen LogP contribution in [0.5, 0.6) is 0 Å². The van der Waals surface area contributed by atoms with Crippen molar-refractivity contribution in [3.8, 4) is 5.69 Å². The summed E-state index contributed by atoms with van der Waals surface area (Å²) >= 11 is 2.75. The van der Waals surface area contributed by atoms with E-state index >= 15 is 0 Å². The molecule has 8 heteroatoms. The van der Waals surface area contributed by atoms with E-state index < -0.39 is 0 Å². The Kier molecular flexibility index (Phi) is 5.17. The van der Waals surface area contributed by atoms with E-state index in [1.54, 1.807) is 10.6 Å². The lowest BCUT2D eigenvalue weighted by molar-refractivity contribution is 0.817. The maximum atomic E-state index is 13.3. The SMILES string of the molecule is CCc1ccc(-n2c(SCc3nc4ccsc4c(=O)[nH]3)nc3ccccc3c2=O)cc1. The summed E-state index contributed by atoms with van der Waals surface area (Å²) in [7, 11) is 0. The van der Waals surface area contributed by atoms with Crippen molar-refractivity contribution in [2.24, 2.45) is 0 Å². The summed E-state index contributed by atoms with van der Waals surface area (Å²) in [6.45, 7) is 2.10. The van der Waals surface area contributed by atoms with Gasteiger partial charge in [-0.1, -0.05) is 43.0 Å². The molecule has 3 heterocycles. The minimum atomic E-state index is -0.144. The Hall–Kier alpha value is -3.23. The van der Waals surface area contributed by atoms with Gasteiger partial charge in [-0.25, -0.2) is 9.97 Å². The monoisotopic (exact) mass is 446 g/mol. The molecule has 3 aromatic heterocycles. The van der Waals surface area contributed by atoms with E-state index in [1.807, 2.05) is 53.9 Å². The molecular formula is C23H18N4O2S2. The number of hydrogen-bond acceptors (Lipinski definition) is 6. The van der Waals surface area contributed by atoms with Crippen LogP contribution in [-0.4, -0.2) is 19.5 Å². The van der Waals surface area contributed by atoms with Crippen molar-refractivity contribution in [2.45, 2.75) is 24.3 Å². The van der Waals surface area contributed by atoms with Crippen LogP contribution in [0.3, 0.4) is 0 Å². The lowest BCUT2D eigenvalue weighted by atomic mass is 10.1. The van der Waals surface area contributed by atoms with E-state index in [-0.39, 0.29) is 11.1 Å². The molecule has 6 nitrogen and oxygen atoms in total. The topological polar surface area (TPSA) is 80.6 Å². The normalized spacial score (nSPS) is 11.4. The Bertz CT molecular complexity index is 1520. The number of aromatic nitrogens is 4. The number of benzene rings is 2. The number of nitrogens with one attached hydrogen (secondary N) is 1. The Morgan fingerprint density at radius 2 is 1.81 bits per heavy atom. The predicted molar refractivity (Wildman–Crippen MR) is 127 cm³/mol. The third-order valence-corrected chi connectivity index (χ3v) is 6.90. The average Bonchev–Trinajstić information content (AvgIpc) is 3.27. The van der Waals surface area contributed by atoms with Crippen molar-refractivity contribution < 1.29 is 0 Å². The van der Waals surface area contributed by atoms with Crippen molar-refractivity contribution >= 4 is 44.2 Å². The highest BCUT2D eigenvalue weighted by atomic mass is 32.2. The van der Waals surface area contributed by atoms with Crippen LogP contribution < -0.4 is 11.1 Å². The first-order valence-electron chi connectivity index (χ1n) is 9.84. The number of nitrogens with zero attached hydrogens (tertiary/aromatic N) is 3. The Labute approximate surface area is 185 Å². The van der Waals surface area contributed by atoms with Crippen molar-refractivity contribution in [1.29, 1.82) is 0 Å². The van der Waals surface area contributed by atoms with Crippen LogP contribution in [0.25, 0.3) is 26.8 Å². The molecule has 0 aliphatic rings. The second kappa shape index (κ2) is 8.13. The summed E-state index contributed by atoms with van der Waals surface area (Å²) in [6.07, 6.45) is 0.927. The smallest absolute Gasteiger partial charge is 0.268 e. The van der Waals surface area contributed by atoms with Gasteiger partial charge in [-0.3, -0.25) is 14.2 Å². The van der Waals surface area contributed by atoms with Crippen LogP contribution in [0, 0.1) is 0 Å². The Morgan fingerprint density at radius 1 is 1.00 bits per heavy atom. The van der Waals surface area contributed by atoms with E-state index in [9.17, 15) is 9.59 Å². The van der Waals surface area contributed by atoms with Crippen molar-refractivity contribution in [2.75, 3.05) is 0 Å². The number of aromatic amines is 1. The van der Waals surface area contributed by atoms with Crippen LogP contribution in [-0.2, 0) is 12.2 Å². The van der Waals surface area contributed by atoms with Gasteiger partial charge in [0.15, 0.2) is 5.16 Å². The zero-order chi connectivity index (χ0) is 21.4. The van der Waals surface area contributed by atoms with Gasteiger partial charge in [0, 0.05) is 0 Å². The van der Waals surface area contributed by atoms with Crippen molar-refractivity contribution in [3.05, 3.63) is 92.1 Å². The molecule has 0 aliphatic heterocycles. The zero-order valence-corrected chi connectivity index (χ0v) is 18.3. The third-order valence-electron chi connectivity index (χ3n) is 5.05. The fourth-order valence-corrected chi connectivity index (χ4v) is 5.05. The molecule has 0 radical (unpaired) electrons. The minimum Gasteiger partial charge on any atom is -0.309 e. The van der Waals surface area contributed by atoms with Crippen LogP contribution in [0.4, 0.5) is 0 Å². The van der Waals surface area contributed by atoms with Crippen LogP contribution in [0.15, 0.2) is 74.7 Å². The molecule has 5 aromatic rings. The van der Waals surface area contributed by atoms with E-state index in [0.717, 1.165) is 12.1 Å². The quantitative estimate of drug-likeness (QED) is 0.317. The van der Waals surface area contributed by atoms with Crippen molar-refractivity contribution in [3.63, 3.8) is 0 Å². The molecule has 0 atom stereocenters. The number of fused-ring (bicyclic) bond motifs is 2. The largest absolute Gasteiger partial charge is 0.309 e. The highest BCUT2D eigenvalue weighted by molar-refractivity contribution is 7.98. The Morgan fingerprint density at radius 3 is 2.61 bits per heavy atom. The van der Waals surface area contributed by atoms with Gasteiger partial charge in [-0.15, -0.1) is 11.3 Å². The van der Waals surface area contributed by atoms with Gasteiger partial charge in [0.25, 0.3) is 11.1 Å². The maximum Gasteiger partial charge on any atom is 0.268 e. The Balaban J connectivity index is 1.60. The summed E-state index contributed by atoms with van der Waals surface area (Å²) < 4.78 is 2.25. The van der Waals surface area contributed by atoms with Gasteiger partial charge in [0.05, 0.1) is 27.9 Å². The maximum absolute atomic E-state index is 13.3. The summed E-state index contributed by atoms with van der Waals surface area (Å²) in [6, 6.07) is 17.1. The molecule has 0 spiro atoms. The molecule has 0 saturated heterocycles. The van der Waals surface area contributed by atoms with Crippen LogP contribution >= 0.6 is 23.1 Å². The number of thiophene rings is 1. The molecule has 0 amide bonds. The second-order valence-electron chi connectivity index (χ2n) is 7.01. The average molecular weight is 447 g/mol. The van der Waals surface area contributed by atoms with Crippen molar-refractivity contribution in [1.82, 2.24) is 19.5 Å². The number of para-hydroxylation sites is 1. The highest BCUT2D eigenvalue weighted by Crippen LogP contribution is 2.24. The van der Waals surface area contributed by atoms with E-state index in [4.69, 9.17) is 4.98 Å². The molecule has 154 valence electrons. The van der Waals surface area contributed by atoms with Gasteiger partial charge < -0.3 is 4.98 Å². The first-order valence-corrected chi connectivity index (χ1v) is 11.7. The van der Waals surface area contributed by atoms with E-state index in [1.165, 1.54) is 28.7 Å². The third kappa shape index (κ3) is 3.68. The summed E-state index contributed by atoms with van der Waals surface area (Å²) in [5.74, 6) is 0.940. The molecule has 0 saturated carbocycles. The number of H-pyrrole nitrogens is 1. The fourth-order valence-electron chi connectivity index (χ4n) is 3.44. The zero-order valence-electron chi connectivity index (χ0n) is 16.7. The van der Waals surface area contributed by atoms with E-state index in [2.05, 4.69) is 16.9 Å². The molecule has 0 unspecified atom stereocenters. The molecule has 0 fully saturated rings. The first kappa shape index (κ1) is 19.7. The predicted octanol–water partition coefficient (Wildman–Crippen LogP) is 4.54. The molecule has 1 N–H and O–H groups in total. The minimum absolute atomic E-state index is 0.118. The molecule has 0 aliphatic carbocycles. The van der Waals surface area contributed by atoms with Gasteiger partial charge in [-0.2, -0.15) is 0 Å².